The highest BCUT2D eigenvalue weighted by atomic mass is 79.9. The number of hydrogen-bond donors (Lipinski definition) is 2. The maximum absolute atomic E-state index is 12.4. The molecule has 2 N–H and O–H groups in total. The number of aromatic nitrogens is 1. The molecule has 1 unspecified atom stereocenters. The Kier molecular flexibility index (Phi) is 5.47. The average Bonchev–Trinajstić information content (AvgIpc) is 3.16. The topological polar surface area (TPSA) is 84.6 Å². The second kappa shape index (κ2) is 7.96. The van der Waals surface area contributed by atoms with Crippen LogP contribution in [0, 0.1) is 0 Å². The summed E-state index contributed by atoms with van der Waals surface area (Å²) in [5.41, 5.74) is 0.275. The van der Waals surface area contributed by atoms with Gasteiger partial charge in [-0.15, -0.1) is 0 Å². The van der Waals surface area contributed by atoms with E-state index in [1.165, 1.54) is 6.26 Å². The third-order valence-electron chi connectivity index (χ3n) is 3.37. The first-order chi connectivity index (χ1) is 12.1. The molecule has 0 spiro atoms. The number of furan rings is 1. The quantitative estimate of drug-likeness (QED) is 0.656. The van der Waals surface area contributed by atoms with Crippen LogP contribution in [-0.4, -0.2) is 22.5 Å². The highest BCUT2D eigenvalue weighted by molar-refractivity contribution is 9.10. The van der Waals surface area contributed by atoms with Gasteiger partial charge in [0.1, 0.15) is 23.2 Å². The Morgan fingerprint density at radius 3 is 2.76 bits per heavy atom. The van der Waals surface area contributed by atoms with E-state index in [4.69, 9.17) is 9.15 Å². The van der Waals surface area contributed by atoms with Crippen LogP contribution in [0.25, 0.3) is 0 Å². The number of amides is 1. The molecule has 0 aliphatic carbocycles. The minimum Gasteiger partial charge on any atom is -0.467 e. The van der Waals surface area contributed by atoms with E-state index in [1.807, 2.05) is 12.1 Å². The zero-order valence-electron chi connectivity index (χ0n) is 13.1. The average molecular weight is 403 g/mol. The maximum Gasteiger partial charge on any atom is 0.256 e. The summed E-state index contributed by atoms with van der Waals surface area (Å²) in [5.74, 6) is 0.741. The zero-order valence-corrected chi connectivity index (χ0v) is 14.6. The lowest BCUT2D eigenvalue weighted by molar-refractivity contribution is 0.0898. The first-order valence-electron chi connectivity index (χ1n) is 7.51. The predicted octanol–water partition coefficient (Wildman–Crippen LogP) is 3.69. The standard InChI is InChI=1S/C18H15BrN2O4/c19-12-5-7-13(8-6-12)25-18-14(3-1-9-20-18)17(23)21-11-15(22)16-4-2-10-24-16/h1-10,15,22H,11H2,(H,21,23). The van der Waals surface area contributed by atoms with Gasteiger partial charge in [-0.1, -0.05) is 15.9 Å². The van der Waals surface area contributed by atoms with Gasteiger partial charge in [-0.2, -0.15) is 0 Å². The van der Waals surface area contributed by atoms with Gasteiger partial charge in [0, 0.05) is 10.7 Å². The van der Waals surface area contributed by atoms with Gasteiger partial charge in [-0.05, 0) is 48.5 Å². The van der Waals surface area contributed by atoms with Crippen LogP contribution in [0.3, 0.4) is 0 Å². The molecule has 7 heteroatoms. The van der Waals surface area contributed by atoms with Crippen LogP contribution >= 0.6 is 15.9 Å². The molecule has 6 nitrogen and oxygen atoms in total. The Hall–Kier alpha value is -2.64. The maximum atomic E-state index is 12.4. The van der Waals surface area contributed by atoms with Gasteiger partial charge < -0.3 is 19.6 Å². The lowest BCUT2D eigenvalue weighted by Gasteiger charge is -2.12. The Balaban J connectivity index is 1.69. The van der Waals surface area contributed by atoms with Crippen LogP contribution in [0.4, 0.5) is 0 Å². The largest absolute Gasteiger partial charge is 0.467 e. The zero-order chi connectivity index (χ0) is 17.6. The molecule has 0 aliphatic heterocycles. The highest BCUT2D eigenvalue weighted by Crippen LogP contribution is 2.24. The number of pyridine rings is 1. The third-order valence-corrected chi connectivity index (χ3v) is 3.90. The van der Waals surface area contributed by atoms with Crippen molar-refractivity contribution >= 4 is 21.8 Å². The van der Waals surface area contributed by atoms with Gasteiger partial charge in [0.2, 0.25) is 5.88 Å². The molecule has 0 bridgehead atoms. The van der Waals surface area contributed by atoms with Crippen LogP contribution < -0.4 is 10.1 Å². The minimum atomic E-state index is -0.925. The molecule has 3 rings (SSSR count). The van der Waals surface area contributed by atoms with Crippen molar-refractivity contribution in [2.75, 3.05) is 6.54 Å². The number of benzene rings is 1. The van der Waals surface area contributed by atoms with Crippen molar-refractivity contribution in [2.45, 2.75) is 6.10 Å². The van der Waals surface area contributed by atoms with Crippen molar-refractivity contribution in [3.8, 4) is 11.6 Å². The fourth-order valence-electron chi connectivity index (χ4n) is 2.13. The van der Waals surface area contributed by atoms with Crippen LogP contribution in [-0.2, 0) is 0 Å². The van der Waals surface area contributed by atoms with Gasteiger partial charge in [-0.3, -0.25) is 4.79 Å². The minimum absolute atomic E-state index is 0.0129. The van der Waals surface area contributed by atoms with E-state index in [2.05, 4.69) is 26.2 Å². The smallest absolute Gasteiger partial charge is 0.256 e. The van der Waals surface area contributed by atoms with Crippen LogP contribution in [0.2, 0.25) is 0 Å². The summed E-state index contributed by atoms with van der Waals surface area (Å²) < 4.78 is 11.7. The number of carbonyl (C=O) groups is 1. The van der Waals surface area contributed by atoms with E-state index in [9.17, 15) is 9.90 Å². The summed E-state index contributed by atoms with van der Waals surface area (Å²) in [5, 5.41) is 12.6. The summed E-state index contributed by atoms with van der Waals surface area (Å²) in [7, 11) is 0. The summed E-state index contributed by atoms with van der Waals surface area (Å²) >= 11 is 3.35. The van der Waals surface area contributed by atoms with E-state index >= 15 is 0 Å². The van der Waals surface area contributed by atoms with Gasteiger partial charge in [-0.25, -0.2) is 4.98 Å². The van der Waals surface area contributed by atoms with Gasteiger partial charge >= 0.3 is 0 Å². The molecule has 2 heterocycles. The van der Waals surface area contributed by atoms with Crippen molar-refractivity contribution in [1.82, 2.24) is 10.3 Å². The van der Waals surface area contributed by atoms with Crippen molar-refractivity contribution in [1.29, 1.82) is 0 Å². The van der Waals surface area contributed by atoms with Gasteiger partial charge in [0.15, 0.2) is 0 Å². The van der Waals surface area contributed by atoms with E-state index in [-0.39, 0.29) is 18.0 Å². The van der Waals surface area contributed by atoms with Crippen molar-refractivity contribution in [2.24, 2.45) is 0 Å². The van der Waals surface area contributed by atoms with Crippen molar-refractivity contribution < 1.29 is 19.1 Å². The lowest BCUT2D eigenvalue weighted by atomic mass is 10.2. The molecular weight excluding hydrogens is 388 g/mol. The van der Waals surface area contributed by atoms with E-state index in [1.54, 1.807) is 42.6 Å². The first-order valence-corrected chi connectivity index (χ1v) is 8.31. The molecule has 0 aliphatic rings. The molecule has 1 atom stereocenters. The predicted molar refractivity (Wildman–Crippen MR) is 94.5 cm³/mol. The molecule has 3 aromatic rings. The Labute approximate surface area is 152 Å². The van der Waals surface area contributed by atoms with Crippen LogP contribution in [0.15, 0.2) is 69.9 Å². The molecule has 128 valence electrons. The number of ether oxygens (including phenoxy) is 1. The summed E-state index contributed by atoms with van der Waals surface area (Å²) in [4.78, 5) is 16.5. The van der Waals surface area contributed by atoms with Gasteiger partial charge in [0.25, 0.3) is 5.91 Å². The highest BCUT2D eigenvalue weighted by Gasteiger charge is 2.17. The third kappa shape index (κ3) is 4.46. The molecule has 0 saturated carbocycles. The fourth-order valence-corrected chi connectivity index (χ4v) is 2.39. The SMILES string of the molecule is O=C(NCC(O)c1ccco1)c1cccnc1Oc1ccc(Br)cc1. The van der Waals surface area contributed by atoms with E-state index in [0.717, 1.165) is 4.47 Å². The number of halogens is 1. The van der Waals surface area contributed by atoms with Crippen molar-refractivity contribution in [3.05, 3.63) is 76.8 Å². The number of carbonyl (C=O) groups excluding carboxylic acids is 1. The second-order valence-corrected chi connectivity index (χ2v) is 6.07. The first kappa shape index (κ1) is 17.2. The Morgan fingerprint density at radius 2 is 2.04 bits per heavy atom. The molecule has 0 saturated heterocycles. The second-order valence-electron chi connectivity index (χ2n) is 5.15. The molecule has 1 amide bonds. The number of nitrogens with one attached hydrogen (secondary N) is 1. The molecule has 1 aromatic carbocycles. The number of aliphatic hydroxyl groups excluding tert-OH is 1. The number of nitrogens with zero attached hydrogens (tertiary/aromatic N) is 1. The Morgan fingerprint density at radius 1 is 1.24 bits per heavy atom. The summed E-state index contributed by atoms with van der Waals surface area (Å²) in [6, 6.07) is 13.8. The van der Waals surface area contributed by atoms with Crippen LogP contribution in [0.5, 0.6) is 11.6 Å². The molecule has 25 heavy (non-hydrogen) atoms. The van der Waals surface area contributed by atoms with Gasteiger partial charge in [0.05, 0.1) is 12.8 Å². The number of aliphatic hydroxyl groups is 1. The van der Waals surface area contributed by atoms with E-state index in [0.29, 0.717) is 11.5 Å². The number of rotatable bonds is 6. The van der Waals surface area contributed by atoms with Crippen molar-refractivity contribution in [3.63, 3.8) is 0 Å². The summed E-state index contributed by atoms with van der Waals surface area (Å²) in [6.07, 6.45) is 2.08. The molecule has 0 fully saturated rings. The lowest BCUT2D eigenvalue weighted by Crippen LogP contribution is -2.28. The molecule has 2 aromatic heterocycles. The molecule has 0 radical (unpaired) electrons. The number of hydrogen-bond acceptors (Lipinski definition) is 5. The van der Waals surface area contributed by atoms with E-state index < -0.39 is 12.0 Å². The summed E-state index contributed by atoms with van der Waals surface area (Å²) in [6.45, 7) is 0.0129. The monoisotopic (exact) mass is 402 g/mol. The van der Waals surface area contributed by atoms with Crippen LogP contribution in [0.1, 0.15) is 22.2 Å². The fraction of sp³-hybridized carbons (Fsp3) is 0.111. The molecular formula is C18H15BrN2O4. The Bertz CT molecular complexity index is 835. The normalized spacial score (nSPS) is 11.8.